The lowest BCUT2D eigenvalue weighted by Gasteiger charge is -2.12. The van der Waals surface area contributed by atoms with Crippen LogP contribution in [0.25, 0.3) is 4.96 Å². The van der Waals surface area contributed by atoms with Crippen molar-refractivity contribution in [2.75, 3.05) is 17.2 Å². The summed E-state index contributed by atoms with van der Waals surface area (Å²) in [7, 11) is 0. The smallest absolute Gasteiger partial charge is 0.274 e. The van der Waals surface area contributed by atoms with Gasteiger partial charge in [0.05, 0.1) is 12.3 Å². The molecule has 0 saturated heterocycles. The molecule has 2 amide bonds. The standard InChI is InChI=1S/C25H24N4O4S/c1-3-10-17-15-20(30)29-21(23(31)28-18-13-8-9-14-19(18)33-4-2)22(34-25(29)27-17)24(32)26-16-11-6-5-7-12-16/h5-9,11-15H,3-4,10H2,1-2H3,(H,26,32)(H,28,31). The zero-order valence-electron chi connectivity index (χ0n) is 18.8. The topological polar surface area (TPSA) is 102 Å². The molecule has 4 rings (SSSR count). The van der Waals surface area contributed by atoms with E-state index in [9.17, 15) is 14.4 Å². The second-order valence-electron chi connectivity index (χ2n) is 7.44. The van der Waals surface area contributed by atoms with Gasteiger partial charge in [0.1, 0.15) is 16.3 Å². The molecule has 0 radical (unpaired) electrons. The van der Waals surface area contributed by atoms with Gasteiger partial charge in [-0.25, -0.2) is 9.38 Å². The third-order valence-corrected chi connectivity index (χ3v) is 6.01. The molecule has 9 heteroatoms. The highest BCUT2D eigenvalue weighted by Crippen LogP contribution is 2.27. The van der Waals surface area contributed by atoms with Gasteiger partial charge in [-0.15, -0.1) is 0 Å². The zero-order valence-corrected chi connectivity index (χ0v) is 19.6. The third kappa shape index (κ3) is 4.84. The molecule has 0 atom stereocenters. The number of amides is 2. The number of hydrogen-bond donors (Lipinski definition) is 2. The van der Waals surface area contributed by atoms with Crippen LogP contribution in [0.15, 0.2) is 65.5 Å². The van der Waals surface area contributed by atoms with Crippen molar-refractivity contribution in [1.82, 2.24) is 9.38 Å². The van der Waals surface area contributed by atoms with E-state index < -0.39 is 17.4 Å². The van der Waals surface area contributed by atoms with Crippen LogP contribution < -0.4 is 20.9 Å². The quantitative estimate of drug-likeness (QED) is 0.387. The molecule has 0 saturated carbocycles. The maximum atomic E-state index is 13.5. The van der Waals surface area contributed by atoms with E-state index in [1.165, 1.54) is 10.5 Å². The van der Waals surface area contributed by atoms with Gasteiger partial charge >= 0.3 is 0 Å². The van der Waals surface area contributed by atoms with Gasteiger partial charge in [-0.3, -0.25) is 14.4 Å². The first-order valence-electron chi connectivity index (χ1n) is 11.0. The summed E-state index contributed by atoms with van der Waals surface area (Å²) in [6.45, 7) is 4.25. The van der Waals surface area contributed by atoms with Crippen LogP contribution in [0.1, 0.15) is 46.1 Å². The number of aryl methyl sites for hydroxylation is 1. The van der Waals surface area contributed by atoms with Crippen LogP contribution >= 0.6 is 11.3 Å². The first kappa shape index (κ1) is 23.2. The number of ether oxygens (including phenoxy) is 1. The fourth-order valence-corrected chi connectivity index (χ4v) is 4.55. The van der Waals surface area contributed by atoms with Crippen LogP contribution in [0.4, 0.5) is 11.4 Å². The van der Waals surface area contributed by atoms with E-state index in [1.54, 1.807) is 48.5 Å². The predicted molar refractivity (Wildman–Crippen MR) is 133 cm³/mol. The minimum absolute atomic E-state index is 0.0692. The fourth-order valence-electron chi connectivity index (χ4n) is 3.51. The van der Waals surface area contributed by atoms with Gasteiger partial charge < -0.3 is 15.4 Å². The number of carbonyl (C=O) groups excluding carboxylic acids is 2. The molecule has 0 spiro atoms. The van der Waals surface area contributed by atoms with Crippen molar-refractivity contribution in [3.63, 3.8) is 0 Å². The molecule has 0 aliphatic carbocycles. The molecular weight excluding hydrogens is 452 g/mol. The number of rotatable bonds is 8. The van der Waals surface area contributed by atoms with Crippen LogP contribution in [-0.4, -0.2) is 27.8 Å². The molecule has 2 aromatic heterocycles. The molecule has 0 aliphatic rings. The second kappa shape index (κ2) is 10.3. The van der Waals surface area contributed by atoms with Gasteiger partial charge in [0.2, 0.25) is 0 Å². The number of nitrogens with one attached hydrogen (secondary N) is 2. The predicted octanol–water partition coefficient (Wildman–Crippen LogP) is 4.61. The molecule has 34 heavy (non-hydrogen) atoms. The first-order chi connectivity index (χ1) is 16.5. The summed E-state index contributed by atoms with van der Waals surface area (Å²) in [6.07, 6.45) is 1.44. The van der Waals surface area contributed by atoms with Gasteiger partial charge in [-0.1, -0.05) is 55.0 Å². The Morgan fingerprint density at radius 1 is 1.00 bits per heavy atom. The van der Waals surface area contributed by atoms with E-state index in [1.807, 2.05) is 19.9 Å². The fraction of sp³-hybridized carbons (Fsp3) is 0.200. The van der Waals surface area contributed by atoms with Crippen LogP contribution in [-0.2, 0) is 6.42 Å². The Kier molecular flexibility index (Phi) is 7.03. The largest absolute Gasteiger partial charge is 0.492 e. The van der Waals surface area contributed by atoms with Crippen LogP contribution in [0, 0.1) is 0 Å². The number of nitrogens with zero attached hydrogens (tertiary/aromatic N) is 2. The summed E-state index contributed by atoms with van der Waals surface area (Å²) in [4.78, 5) is 44.6. The van der Waals surface area contributed by atoms with Gasteiger partial charge in [0.25, 0.3) is 17.4 Å². The number of fused-ring (bicyclic) bond motifs is 1. The Balaban J connectivity index is 1.81. The van der Waals surface area contributed by atoms with Crippen LogP contribution in [0.5, 0.6) is 5.75 Å². The van der Waals surface area contributed by atoms with Crippen molar-refractivity contribution in [3.8, 4) is 5.75 Å². The molecular formula is C25H24N4O4S. The first-order valence-corrected chi connectivity index (χ1v) is 11.8. The summed E-state index contributed by atoms with van der Waals surface area (Å²) in [6, 6.07) is 17.3. The average Bonchev–Trinajstić information content (AvgIpc) is 3.22. The average molecular weight is 477 g/mol. The number of thiazole rings is 1. The number of hydrogen-bond acceptors (Lipinski definition) is 6. The van der Waals surface area contributed by atoms with Crippen molar-refractivity contribution in [1.29, 1.82) is 0 Å². The normalized spacial score (nSPS) is 10.8. The Hall–Kier alpha value is -3.98. The highest BCUT2D eigenvalue weighted by molar-refractivity contribution is 7.19. The lowest BCUT2D eigenvalue weighted by atomic mass is 10.2. The monoisotopic (exact) mass is 476 g/mol. The molecule has 2 N–H and O–H groups in total. The van der Waals surface area contributed by atoms with E-state index >= 15 is 0 Å². The highest BCUT2D eigenvalue weighted by Gasteiger charge is 2.27. The van der Waals surface area contributed by atoms with E-state index in [0.717, 1.165) is 17.8 Å². The molecule has 2 heterocycles. The Morgan fingerprint density at radius 3 is 2.47 bits per heavy atom. The molecule has 0 unspecified atom stereocenters. The van der Waals surface area contributed by atoms with E-state index in [2.05, 4.69) is 15.6 Å². The van der Waals surface area contributed by atoms with Gasteiger partial charge in [-0.05, 0) is 37.6 Å². The minimum atomic E-state index is -0.608. The molecule has 174 valence electrons. The molecule has 2 aromatic carbocycles. The zero-order chi connectivity index (χ0) is 24.1. The third-order valence-electron chi connectivity index (χ3n) is 4.97. The van der Waals surface area contributed by atoms with Crippen molar-refractivity contribution in [2.24, 2.45) is 0 Å². The summed E-state index contributed by atoms with van der Waals surface area (Å²) < 4.78 is 6.79. The van der Waals surface area contributed by atoms with Crippen molar-refractivity contribution in [2.45, 2.75) is 26.7 Å². The molecule has 4 aromatic rings. The highest BCUT2D eigenvalue weighted by atomic mass is 32.1. The molecule has 0 aliphatic heterocycles. The number of carbonyl (C=O) groups is 2. The maximum absolute atomic E-state index is 13.5. The van der Waals surface area contributed by atoms with Crippen LogP contribution in [0.2, 0.25) is 0 Å². The number of benzene rings is 2. The lowest BCUT2D eigenvalue weighted by molar-refractivity contribution is 0.0989. The number of aromatic nitrogens is 2. The number of anilines is 2. The summed E-state index contributed by atoms with van der Waals surface area (Å²) >= 11 is 1.01. The van der Waals surface area contributed by atoms with Crippen molar-refractivity contribution < 1.29 is 14.3 Å². The SMILES string of the molecule is CCCc1cc(=O)n2c(C(=O)Nc3ccccc3OCC)c(C(=O)Nc3ccccc3)sc2n1. The molecule has 8 nitrogen and oxygen atoms in total. The van der Waals surface area contributed by atoms with E-state index in [0.29, 0.717) is 35.8 Å². The Bertz CT molecular complexity index is 1400. The molecule has 0 fully saturated rings. The van der Waals surface area contributed by atoms with Crippen LogP contribution in [0.3, 0.4) is 0 Å². The number of para-hydroxylation sites is 3. The maximum Gasteiger partial charge on any atom is 0.274 e. The minimum Gasteiger partial charge on any atom is -0.492 e. The summed E-state index contributed by atoms with van der Waals surface area (Å²) in [5, 5.41) is 5.58. The Labute approximate surface area is 200 Å². The summed E-state index contributed by atoms with van der Waals surface area (Å²) in [5.74, 6) is -0.617. The second-order valence-corrected chi connectivity index (χ2v) is 8.41. The van der Waals surface area contributed by atoms with Gasteiger partial charge in [0, 0.05) is 17.4 Å². The Morgan fingerprint density at radius 2 is 1.74 bits per heavy atom. The summed E-state index contributed by atoms with van der Waals surface area (Å²) in [5.41, 5.74) is 1.15. The van der Waals surface area contributed by atoms with Gasteiger partial charge in [-0.2, -0.15) is 0 Å². The van der Waals surface area contributed by atoms with E-state index in [4.69, 9.17) is 4.74 Å². The van der Waals surface area contributed by atoms with Gasteiger partial charge in [0.15, 0.2) is 4.96 Å². The molecule has 0 bridgehead atoms. The van der Waals surface area contributed by atoms with E-state index in [-0.39, 0.29) is 15.5 Å². The van der Waals surface area contributed by atoms with Crippen molar-refractivity contribution in [3.05, 3.63) is 87.3 Å². The lowest BCUT2D eigenvalue weighted by Crippen LogP contribution is -2.25. The van der Waals surface area contributed by atoms with Crippen molar-refractivity contribution >= 4 is 39.5 Å².